The molecular formula is C24H8NoO5. The van der Waals surface area contributed by atoms with Crippen LogP contribution in [0.1, 0.15) is 36.6 Å². The molecule has 7 rings (SSSR count). The summed E-state index contributed by atoms with van der Waals surface area (Å²) in [5, 5.41) is 7.13. The Morgan fingerprint density at radius 2 is 0.833 bits per heavy atom. The molecule has 0 aromatic heterocycles. The Balaban J connectivity index is 1.82. The van der Waals surface area contributed by atoms with Crippen LogP contribution in [0.15, 0.2) is 48.5 Å². The quantitative estimate of drug-likeness (QED) is 0.110. The normalized spacial score (nSPS) is 15.5. The fourth-order valence-electron chi connectivity index (χ4n) is 4.92. The molecule has 0 saturated heterocycles. The molecule has 0 fully saturated rings. The molecule has 0 radical (unpaired) electrons. The van der Waals surface area contributed by atoms with Crippen molar-refractivity contribution < 1.29 is 23.9 Å². The summed E-state index contributed by atoms with van der Waals surface area (Å²) in [6, 6.07) is 14.9. The molecule has 0 saturated carbocycles. The summed E-state index contributed by atoms with van der Waals surface area (Å²) in [6.45, 7) is 0.548. The van der Waals surface area contributed by atoms with Crippen LogP contribution in [-0.4, -0.2) is 24.5 Å². The molecule has 0 unspecified atom stereocenters. The van der Waals surface area contributed by atoms with Crippen LogP contribution >= 0.6 is 0 Å². The van der Waals surface area contributed by atoms with Gasteiger partial charge in [-0.05, 0) is 0 Å². The molecule has 30 heavy (non-hydrogen) atoms. The first-order valence-corrected chi connectivity index (χ1v) is 10.3. The molecule has 0 atom stereocenters. The molecule has 148 valence electrons. The number of esters is 3. The monoisotopic (exact) mass is 635 g/mol. The molecule has 2 aliphatic heterocycles. The van der Waals surface area contributed by atoms with Gasteiger partial charge in [-0.25, -0.2) is 0 Å². The fraction of sp³-hybridized carbons (Fsp3) is 0. The van der Waals surface area contributed by atoms with Gasteiger partial charge >= 0.3 is 162 Å². The minimum absolute atomic E-state index is 0.363. The summed E-state index contributed by atoms with van der Waals surface area (Å²) in [5.41, 5.74) is 2.21. The third-order valence-electron chi connectivity index (χ3n) is 6.10. The maximum absolute atomic E-state index is 12.5. The zero-order valence-electron chi connectivity index (χ0n) is 14.9. The van der Waals surface area contributed by atoms with E-state index in [0.717, 1.165) is 43.3 Å². The molecule has 6 heteroatoms. The summed E-state index contributed by atoms with van der Waals surface area (Å²) in [4.78, 5) is 37.2. The van der Waals surface area contributed by atoms with Crippen molar-refractivity contribution in [2.45, 2.75) is 0 Å². The third kappa shape index (κ3) is 1.45. The number of fused-ring (bicyclic) bond motifs is 2. The summed E-state index contributed by atoms with van der Waals surface area (Å²) in [6.07, 6.45) is 0. The second-order valence-electron chi connectivity index (χ2n) is 7.43. The van der Waals surface area contributed by atoms with E-state index in [4.69, 9.17) is 9.47 Å². The minimum atomic E-state index is -0.626. The van der Waals surface area contributed by atoms with Gasteiger partial charge in [-0.1, -0.05) is 0 Å². The SMILES string of the molecule is O=C1OC(=O)c2ccc3c4ccc5c6c(ccc(c7ccc1c2c73)c64)C(=O)O[C]5=[No]. The standard InChI is InChI=1S/C24H8O5.No/c25-22-15-6-3-12-14-5-8-17-21-16(23(26)29-24(17)27)7-4-13(20(14)21)11-2-1-10(9-28-22)18(15)19(11)12;/h1-8H;. The van der Waals surface area contributed by atoms with Crippen molar-refractivity contribution >= 4 is 67.6 Å². The average Bonchev–Trinajstić information content (AvgIpc) is 2.74. The van der Waals surface area contributed by atoms with Crippen molar-refractivity contribution in [1.29, 1.82) is 0 Å². The molecule has 5 nitrogen and oxygen atoms in total. The van der Waals surface area contributed by atoms with Gasteiger partial charge in [-0.2, -0.15) is 0 Å². The van der Waals surface area contributed by atoms with Crippen LogP contribution < -0.4 is 0 Å². The van der Waals surface area contributed by atoms with Gasteiger partial charge in [0.25, 0.3) is 0 Å². The molecule has 5 aromatic rings. The molecule has 2 aliphatic rings. The van der Waals surface area contributed by atoms with Gasteiger partial charge in [0.2, 0.25) is 0 Å². The number of hydrogen-bond donors (Lipinski definition) is 0. The second-order valence-corrected chi connectivity index (χ2v) is 8.44. The molecule has 2 heterocycles. The van der Waals surface area contributed by atoms with Gasteiger partial charge in [0.05, 0.1) is 0 Å². The average molecular weight is 635 g/mol. The zero-order valence-corrected chi connectivity index (χ0v) is 17.2. The number of carbonyl (C=O) groups is 3. The predicted molar refractivity (Wildman–Crippen MR) is 107 cm³/mol. The van der Waals surface area contributed by atoms with E-state index in [-0.39, 0.29) is 5.97 Å². The predicted octanol–water partition coefficient (Wildman–Crippen LogP) is 4.25. The van der Waals surface area contributed by atoms with Crippen molar-refractivity contribution in [3.8, 4) is 0 Å². The third-order valence-corrected chi connectivity index (χ3v) is 6.93. The van der Waals surface area contributed by atoms with Crippen molar-refractivity contribution in [1.82, 2.24) is 0 Å². The number of ether oxygens (including phenoxy) is 2. The first-order chi connectivity index (χ1) is 14.5. The number of hydrogen-bond acceptors (Lipinski definition) is 5. The Hall–Kier alpha value is -5.12. The zero-order chi connectivity index (χ0) is 20.3. The van der Waals surface area contributed by atoms with Gasteiger partial charge < -0.3 is 0 Å². The number of rotatable bonds is 0. The first kappa shape index (κ1) is 14.9. The summed E-state index contributed by atoms with van der Waals surface area (Å²) < 4.78 is 12.4. The van der Waals surface area contributed by atoms with E-state index in [1.807, 2.05) is 30.3 Å². The fourth-order valence-corrected chi connectivity index (χ4v) is 5.59. The Morgan fingerprint density at radius 1 is 0.467 bits per heavy atom. The van der Waals surface area contributed by atoms with Crippen molar-refractivity contribution in [3.63, 3.8) is 0 Å². The van der Waals surface area contributed by atoms with E-state index in [2.05, 4.69) is 0 Å². The number of carbonyl (C=O) groups excluding carboxylic acids is 3. The van der Waals surface area contributed by atoms with Crippen LogP contribution in [0.2, 0.25) is 0 Å². The van der Waals surface area contributed by atoms with E-state index >= 15 is 0 Å². The summed E-state index contributed by atoms with van der Waals surface area (Å²) >= 11 is 0. The van der Waals surface area contributed by atoms with Crippen LogP contribution in [0.5, 0.6) is 0 Å². The topological polar surface area (TPSA) is 69.7 Å². The van der Waals surface area contributed by atoms with Crippen molar-refractivity contribution in [3.05, 3.63) is 70.8 Å². The van der Waals surface area contributed by atoms with E-state index in [1.165, 1.54) is 0 Å². The Bertz CT molecular complexity index is 1470. The van der Waals surface area contributed by atoms with Crippen molar-refractivity contribution in [2.75, 3.05) is 0 Å². The van der Waals surface area contributed by atoms with Gasteiger partial charge in [0, 0.05) is 0 Å². The van der Waals surface area contributed by atoms with Gasteiger partial charge in [0.1, 0.15) is 0 Å². The van der Waals surface area contributed by atoms with Gasteiger partial charge in [-0.15, -0.1) is 0 Å². The van der Waals surface area contributed by atoms with E-state index in [1.54, 1.807) is 18.2 Å². The maximum atomic E-state index is 12.5. The van der Waals surface area contributed by atoms with Crippen LogP contribution in [0, 0.1) is 0 Å². The molecule has 0 bridgehead atoms. The van der Waals surface area contributed by atoms with Gasteiger partial charge in [-0.3, -0.25) is 0 Å². The summed E-state index contributed by atoms with van der Waals surface area (Å²) in [7, 11) is 0. The Labute approximate surface area is 162 Å². The summed E-state index contributed by atoms with van der Waals surface area (Å²) in [5.74, 6) is -1.61. The van der Waals surface area contributed by atoms with Crippen LogP contribution in [0.25, 0.3) is 43.1 Å². The van der Waals surface area contributed by atoms with E-state index in [0.29, 0.717) is 28.7 Å². The van der Waals surface area contributed by atoms with Crippen molar-refractivity contribution in [2.24, 2.45) is 0 Å². The molecule has 0 aliphatic carbocycles. The molecule has 0 N–H and O–H groups in total. The van der Waals surface area contributed by atoms with Crippen LogP contribution in [0.3, 0.4) is 0 Å². The second kappa shape index (κ2) is 4.47. The Kier molecular flexibility index (Phi) is 2.22. The van der Waals surface area contributed by atoms with E-state index in [9.17, 15) is 14.4 Å². The van der Waals surface area contributed by atoms with Crippen LogP contribution in [0.4, 0.5) is 0 Å². The molecule has 0 amide bonds. The van der Waals surface area contributed by atoms with Crippen LogP contribution in [-0.2, 0) is 9.47 Å². The molecule has 0 spiro atoms. The molecular weight excluding hydrogens is 627 g/mol. The van der Waals surface area contributed by atoms with Gasteiger partial charge in [0.15, 0.2) is 0 Å². The Morgan fingerprint density at radius 3 is 1.30 bits per heavy atom. The molecule has 5 aromatic carbocycles. The first-order valence-electron chi connectivity index (χ1n) is 9.21. The van der Waals surface area contributed by atoms with E-state index < -0.39 is 11.9 Å². The number of benzene rings is 5. The number of cyclic esters (lactones) is 3.